The van der Waals surface area contributed by atoms with E-state index in [1.807, 2.05) is 67.6 Å². The van der Waals surface area contributed by atoms with Crippen LogP contribution in [0.15, 0.2) is 60.7 Å². The second kappa shape index (κ2) is 11.4. The van der Waals surface area contributed by atoms with Gasteiger partial charge in [0, 0.05) is 13.1 Å². The van der Waals surface area contributed by atoms with Gasteiger partial charge in [0.15, 0.2) is 16.6 Å². The Morgan fingerprint density at radius 2 is 1.36 bits per heavy atom. The first kappa shape index (κ1) is 24.2. The Labute approximate surface area is 201 Å². The number of ether oxygens (including phenoxy) is 4. The van der Waals surface area contributed by atoms with Crippen molar-refractivity contribution >= 4 is 23.0 Å². The van der Waals surface area contributed by atoms with Gasteiger partial charge in [-0.25, -0.2) is 0 Å². The molecule has 0 aliphatic rings. The predicted molar refractivity (Wildman–Crippen MR) is 136 cm³/mol. The molecule has 0 saturated carbocycles. The number of benzene rings is 3. The fourth-order valence-corrected chi connectivity index (χ4v) is 3.69. The summed E-state index contributed by atoms with van der Waals surface area (Å²) in [7, 11) is 6.57. The van der Waals surface area contributed by atoms with Crippen LogP contribution in [0.5, 0.6) is 23.0 Å². The van der Waals surface area contributed by atoms with Crippen LogP contribution in [0, 0.1) is 6.92 Å². The fourth-order valence-electron chi connectivity index (χ4n) is 3.45. The van der Waals surface area contributed by atoms with Gasteiger partial charge in [-0.3, -0.25) is 0 Å². The number of methoxy groups -OCH3 is 4. The monoisotopic (exact) mass is 466 g/mol. The summed E-state index contributed by atoms with van der Waals surface area (Å²) in [6.07, 6.45) is 0. The first-order valence-electron chi connectivity index (χ1n) is 10.5. The van der Waals surface area contributed by atoms with E-state index in [0.717, 1.165) is 33.9 Å². The molecule has 3 rings (SSSR count). The summed E-state index contributed by atoms with van der Waals surface area (Å²) in [4.78, 5) is 2.09. The van der Waals surface area contributed by atoms with Crippen LogP contribution >= 0.6 is 12.2 Å². The van der Waals surface area contributed by atoms with Gasteiger partial charge in [-0.05, 0) is 72.2 Å². The van der Waals surface area contributed by atoms with Crippen LogP contribution in [0.2, 0.25) is 0 Å². The average Bonchev–Trinajstić information content (AvgIpc) is 2.84. The largest absolute Gasteiger partial charge is 0.497 e. The molecule has 0 unspecified atom stereocenters. The Morgan fingerprint density at radius 1 is 0.727 bits per heavy atom. The fraction of sp³-hybridized carbons (Fsp3) is 0.269. The summed E-state index contributed by atoms with van der Waals surface area (Å²) in [6, 6.07) is 19.8. The van der Waals surface area contributed by atoms with Crippen molar-refractivity contribution in [3.05, 3.63) is 77.4 Å². The number of aryl methyl sites for hydroxylation is 1. The highest BCUT2D eigenvalue weighted by molar-refractivity contribution is 7.80. The highest BCUT2D eigenvalue weighted by atomic mass is 32.1. The molecule has 33 heavy (non-hydrogen) atoms. The molecule has 0 bridgehead atoms. The molecule has 3 aromatic rings. The molecule has 3 aromatic carbocycles. The van der Waals surface area contributed by atoms with E-state index in [1.165, 1.54) is 0 Å². The van der Waals surface area contributed by atoms with Gasteiger partial charge in [0.05, 0.1) is 34.1 Å². The van der Waals surface area contributed by atoms with Crippen LogP contribution in [0.3, 0.4) is 0 Å². The van der Waals surface area contributed by atoms with E-state index in [4.69, 9.17) is 31.2 Å². The van der Waals surface area contributed by atoms with Crippen LogP contribution in [0.25, 0.3) is 0 Å². The first-order chi connectivity index (χ1) is 16.0. The Bertz CT molecular complexity index is 1090. The van der Waals surface area contributed by atoms with Crippen molar-refractivity contribution in [1.82, 2.24) is 4.90 Å². The zero-order valence-corrected chi connectivity index (χ0v) is 20.5. The number of thiocarbonyl (C=S) groups is 1. The smallest absolute Gasteiger partial charge is 0.174 e. The lowest BCUT2D eigenvalue weighted by Crippen LogP contribution is -2.34. The van der Waals surface area contributed by atoms with Gasteiger partial charge >= 0.3 is 0 Å². The van der Waals surface area contributed by atoms with E-state index in [-0.39, 0.29) is 0 Å². The summed E-state index contributed by atoms with van der Waals surface area (Å²) < 4.78 is 21.7. The molecule has 0 saturated heterocycles. The second-order valence-electron chi connectivity index (χ2n) is 7.53. The molecule has 0 spiro atoms. The van der Waals surface area contributed by atoms with Gasteiger partial charge < -0.3 is 29.2 Å². The van der Waals surface area contributed by atoms with E-state index in [9.17, 15) is 0 Å². The molecule has 0 radical (unpaired) electrons. The Morgan fingerprint density at radius 3 is 2.00 bits per heavy atom. The van der Waals surface area contributed by atoms with Gasteiger partial charge in [-0.2, -0.15) is 0 Å². The zero-order valence-electron chi connectivity index (χ0n) is 19.7. The quantitative estimate of drug-likeness (QED) is 0.422. The van der Waals surface area contributed by atoms with Crippen molar-refractivity contribution in [2.45, 2.75) is 20.0 Å². The molecular weight excluding hydrogens is 436 g/mol. The van der Waals surface area contributed by atoms with Crippen LogP contribution in [-0.2, 0) is 13.1 Å². The topological polar surface area (TPSA) is 52.2 Å². The third-order valence-electron chi connectivity index (χ3n) is 5.24. The molecule has 7 heteroatoms. The van der Waals surface area contributed by atoms with Crippen molar-refractivity contribution < 1.29 is 18.9 Å². The third kappa shape index (κ3) is 6.29. The van der Waals surface area contributed by atoms with Crippen LogP contribution < -0.4 is 24.3 Å². The van der Waals surface area contributed by atoms with Crippen molar-refractivity contribution in [3.63, 3.8) is 0 Å². The predicted octanol–water partition coefficient (Wildman–Crippen LogP) is 5.43. The van der Waals surface area contributed by atoms with Crippen LogP contribution in [-0.4, -0.2) is 38.5 Å². The van der Waals surface area contributed by atoms with E-state index in [2.05, 4.69) is 10.2 Å². The standard InChI is InChI=1S/C26H30N2O4S/c1-18-6-12-22(24(14-18)31-4)27-26(33)28(16-19-7-10-21(29-2)11-8-19)17-20-9-13-23(30-3)25(15-20)32-5/h6-15H,16-17H2,1-5H3,(H,27,33). The highest BCUT2D eigenvalue weighted by Gasteiger charge is 2.15. The number of nitrogens with zero attached hydrogens (tertiary/aromatic N) is 1. The minimum Gasteiger partial charge on any atom is -0.497 e. The summed E-state index contributed by atoms with van der Waals surface area (Å²) in [5, 5.41) is 3.94. The molecule has 0 aliphatic carbocycles. The number of hydrogen-bond donors (Lipinski definition) is 1. The number of rotatable bonds is 9. The molecule has 0 aliphatic heterocycles. The Hall–Kier alpha value is -3.45. The van der Waals surface area contributed by atoms with E-state index >= 15 is 0 Å². The molecule has 1 N–H and O–H groups in total. The minimum atomic E-state index is 0.576. The number of nitrogens with one attached hydrogen (secondary N) is 1. The van der Waals surface area contributed by atoms with Gasteiger partial charge in [0.1, 0.15) is 11.5 Å². The van der Waals surface area contributed by atoms with Crippen LogP contribution in [0.1, 0.15) is 16.7 Å². The maximum absolute atomic E-state index is 5.83. The normalized spacial score (nSPS) is 10.3. The SMILES string of the molecule is COc1ccc(CN(Cc2ccc(OC)c(OC)c2)C(=S)Nc2ccc(C)cc2OC)cc1. The van der Waals surface area contributed by atoms with Gasteiger partial charge in [0.2, 0.25) is 0 Å². The Balaban J connectivity index is 1.88. The molecular formula is C26H30N2O4S. The second-order valence-corrected chi connectivity index (χ2v) is 7.91. The molecule has 0 heterocycles. The van der Waals surface area contributed by atoms with E-state index in [0.29, 0.717) is 29.7 Å². The Kier molecular flexibility index (Phi) is 8.38. The lowest BCUT2D eigenvalue weighted by Gasteiger charge is -2.27. The van der Waals surface area contributed by atoms with Crippen molar-refractivity contribution in [2.24, 2.45) is 0 Å². The average molecular weight is 467 g/mol. The zero-order chi connectivity index (χ0) is 23.8. The maximum Gasteiger partial charge on any atom is 0.174 e. The molecule has 6 nitrogen and oxygen atoms in total. The van der Waals surface area contributed by atoms with Gasteiger partial charge in [-0.15, -0.1) is 0 Å². The van der Waals surface area contributed by atoms with E-state index < -0.39 is 0 Å². The molecule has 0 atom stereocenters. The lowest BCUT2D eigenvalue weighted by atomic mass is 10.1. The number of anilines is 1. The van der Waals surface area contributed by atoms with Crippen molar-refractivity contribution in [1.29, 1.82) is 0 Å². The van der Waals surface area contributed by atoms with E-state index in [1.54, 1.807) is 28.4 Å². The molecule has 0 aromatic heterocycles. The summed E-state index contributed by atoms with van der Waals surface area (Å²) >= 11 is 5.83. The van der Waals surface area contributed by atoms with Gasteiger partial charge in [0.25, 0.3) is 0 Å². The summed E-state index contributed by atoms with van der Waals surface area (Å²) in [5.74, 6) is 2.93. The lowest BCUT2D eigenvalue weighted by molar-refractivity contribution is 0.352. The van der Waals surface area contributed by atoms with Crippen molar-refractivity contribution in [3.8, 4) is 23.0 Å². The third-order valence-corrected chi connectivity index (χ3v) is 5.60. The summed E-state index contributed by atoms with van der Waals surface area (Å²) in [5.41, 5.74) is 4.08. The number of hydrogen-bond acceptors (Lipinski definition) is 5. The van der Waals surface area contributed by atoms with Gasteiger partial charge in [-0.1, -0.05) is 24.3 Å². The molecule has 0 amide bonds. The molecule has 0 fully saturated rings. The molecule has 174 valence electrons. The first-order valence-corrected chi connectivity index (χ1v) is 10.9. The maximum atomic E-state index is 5.83. The minimum absolute atomic E-state index is 0.576. The highest BCUT2D eigenvalue weighted by Crippen LogP contribution is 2.29. The van der Waals surface area contributed by atoms with Crippen LogP contribution in [0.4, 0.5) is 5.69 Å². The van der Waals surface area contributed by atoms with Crippen molar-refractivity contribution in [2.75, 3.05) is 33.8 Å². The summed E-state index contributed by atoms with van der Waals surface area (Å²) in [6.45, 7) is 3.21.